The largest absolute Gasteiger partial charge is 0.354 e. The molecule has 116 valence electrons. The van der Waals surface area contributed by atoms with Gasteiger partial charge in [0.15, 0.2) is 0 Å². The molecule has 0 radical (unpaired) electrons. The predicted molar refractivity (Wildman–Crippen MR) is 83.6 cm³/mol. The summed E-state index contributed by atoms with van der Waals surface area (Å²) >= 11 is 0. The van der Waals surface area contributed by atoms with Gasteiger partial charge in [0, 0.05) is 6.54 Å². The van der Waals surface area contributed by atoms with Gasteiger partial charge in [-0.25, -0.2) is 0 Å². The van der Waals surface area contributed by atoms with Gasteiger partial charge in [0.2, 0.25) is 5.91 Å². The summed E-state index contributed by atoms with van der Waals surface area (Å²) in [6, 6.07) is 0.0777. The maximum atomic E-state index is 12.4. The van der Waals surface area contributed by atoms with Crippen LogP contribution in [0.2, 0.25) is 0 Å². The number of carbonyl (C=O) groups is 1. The maximum Gasteiger partial charge on any atom is 0.237 e. The minimum absolute atomic E-state index is 0.0777. The molecule has 1 heterocycles. The van der Waals surface area contributed by atoms with Crippen LogP contribution in [0.25, 0.3) is 0 Å². The average molecular weight is 280 g/mol. The first-order valence-electron chi connectivity index (χ1n) is 8.54. The van der Waals surface area contributed by atoms with E-state index in [4.69, 9.17) is 0 Å². The number of fused-ring (bicyclic) bond motifs is 1. The number of unbranched alkanes of at least 4 members (excludes halogenated alkanes) is 2. The Hall–Kier alpha value is -0.570. The summed E-state index contributed by atoms with van der Waals surface area (Å²) in [4.78, 5) is 12.4. The van der Waals surface area contributed by atoms with Crippen molar-refractivity contribution in [1.29, 1.82) is 0 Å². The number of rotatable bonds is 7. The predicted octanol–water partition coefficient (Wildman–Crippen LogP) is 3.10. The van der Waals surface area contributed by atoms with Crippen molar-refractivity contribution in [3.8, 4) is 0 Å². The standard InChI is InChI=1S/C17H32N2O/c1-4-5-6-10-17(2,3)12-19-16(20)15-14-9-7-8-13(14)11-18-15/h13-15,18H,4-12H2,1-3H3,(H,19,20). The third kappa shape index (κ3) is 3.97. The minimum Gasteiger partial charge on any atom is -0.354 e. The Labute approximate surface area is 124 Å². The van der Waals surface area contributed by atoms with Crippen molar-refractivity contribution in [3.05, 3.63) is 0 Å². The second-order valence-electron chi connectivity index (χ2n) is 7.58. The summed E-state index contributed by atoms with van der Waals surface area (Å²) in [7, 11) is 0. The van der Waals surface area contributed by atoms with E-state index in [0.29, 0.717) is 5.92 Å². The zero-order valence-corrected chi connectivity index (χ0v) is 13.5. The Morgan fingerprint density at radius 3 is 2.85 bits per heavy atom. The first kappa shape index (κ1) is 15.8. The van der Waals surface area contributed by atoms with Crippen LogP contribution in [0.15, 0.2) is 0 Å². The van der Waals surface area contributed by atoms with Gasteiger partial charge in [0.25, 0.3) is 0 Å². The van der Waals surface area contributed by atoms with Crippen LogP contribution < -0.4 is 10.6 Å². The lowest BCUT2D eigenvalue weighted by Crippen LogP contribution is -2.46. The van der Waals surface area contributed by atoms with Crippen molar-refractivity contribution < 1.29 is 4.79 Å². The maximum absolute atomic E-state index is 12.4. The van der Waals surface area contributed by atoms with Gasteiger partial charge in [-0.05, 0) is 43.1 Å². The molecule has 2 fully saturated rings. The van der Waals surface area contributed by atoms with E-state index in [9.17, 15) is 4.79 Å². The van der Waals surface area contributed by atoms with Gasteiger partial charge in [-0.1, -0.05) is 46.5 Å². The highest BCUT2D eigenvalue weighted by Gasteiger charge is 2.42. The zero-order valence-electron chi connectivity index (χ0n) is 13.5. The summed E-state index contributed by atoms with van der Waals surface area (Å²) in [5.41, 5.74) is 0.221. The number of amides is 1. The summed E-state index contributed by atoms with van der Waals surface area (Å²) in [6.45, 7) is 8.62. The van der Waals surface area contributed by atoms with Gasteiger partial charge in [-0.15, -0.1) is 0 Å². The molecule has 0 aromatic carbocycles. The van der Waals surface area contributed by atoms with Gasteiger partial charge >= 0.3 is 0 Å². The second-order valence-corrected chi connectivity index (χ2v) is 7.58. The Balaban J connectivity index is 1.74. The van der Waals surface area contributed by atoms with Crippen molar-refractivity contribution >= 4 is 5.91 Å². The smallest absolute Gasteiger partial charge is 0.237 e. The van der Waals surface area contributed by atoms with Crippen molar-refractivity contribution in [2.45, 2.75) is 71.8 Å². The van der Waals surface area contributed by atoms with Crippen LogP contribution in [-0.4, -0.2) is 25.0 Å². The highest BCUT2D eigenvalue weighted by molar-refractivity contribution is 5.82. The molecule has 2 N–H and O–H groups in total. The summed E-state index contributed by atoms with van der Waals surface area (Å²) in [5.74, 6) is 1.59. The second kappa shape index (κ2) is 6.93. The molecule has 2 aliphatic rings. The zero-order chi connectivity index (χ0) is 14.6. The molecule has 2 rings (SSSR count). The summed E-state index contributed by atoms with van der Waals surface area (Å²) in [6.07, 6.45) is 8.88. The molecule has 3 heteroatoms. The monoisotopic (exact) mass is 280 g/mol. The molecule has 3 unspecified atom stereocenters. The van der Waals surface area contributed by atoms with Crippen LogP contribution in [0.1, 0.15) is 65.7 Å². The van der Waals surface area contributed by atoms with E-state index in [0.717, 1.165) is 19.0 Å². The van der Waals surface area contributed by atoms with E-state index in [1.807, 2.05) is 0 Å². The van der Waals surface area contributed by atoms with Gasteiger partial charge in [0.1, 0.15) is 0 Å². The van der Waals surface area contributed by atoms with Crippen molar-refractivity contribution in [2.24, 2.45) is 17.3 Å². The van der Waals surface area contributed by atoms with Crippen LogP contribution in [0, 0.1) is 17.3 Å². The van der Waals surface area contributed by atoms with Gasteiger partial charge in [0.05, 0.1) is 6.04 Å². The van der Waals surface area contributed by atoms with E-state index in [1.165, 1.54) is 44.9 Å². The Kier molecular flexibility index (Phi) is 5.48. The van der Waals surface area contributed by atoms with E-state index in [-0.39, 0.29) is 17.4 Å². The Bertz CT molecular complexity index is 327. The van der Waals surface area contributed by atoms with Gasteiger partial charge < -0.3 is 10.6 Å². The van der Waals surface area contributed by atoms with Crippen molar-refractivity contribution in [1.82, 2.24) is 10.6 Å². The topological polar surface area (TPSA) is 41.1 Å². The van der Waals surface area contributed by atoms with E-state index in [1.54, 1.807) is 0 Å². The number of carbonyl (C=O) groups excluding carboxylic acids is 1. The molecule has 3 atom stereocenters. The molecular formula is C17H32N2O. The molecule has 1 amide bonds. The fourth-order valence-electron chi connectivity index (χ4n) is 3.85. The minimum atomic E-state index is 0.0777. The third-order valence-electron chi connectivity index (χ3n) is 5.23. The van der Waals surface area contributed by atoms with Crippen LogP contribution in [0.5, 0.6) is 0 Å². The average Bonchev–Trinajstić information content (AvgIpc) is 2.98. The molecule has 0 aromatic heterocycles. The fraction of sp³-hybridized carbons (Fsp3) is 0.941. The SMILES string of the molecule is CCCCCC(C)(C)CNC(=O)C1NCC2CCCC21. The van der Waals surface area contributed by atoms with E-state index >= 15 is 0 Å². The number of hydrogen-bond donors (Lipinski definition) is 2. The molecule has 0 spiro atoms. The lowest BCUT2D eigenvalue weighted by atomic mass is 9.86. The van der Waals surface area contributed by atoms with Crippen LogP contribution in [-0.2, 0) is 4.79 Å². The molecule has 1 saturated heterocycles. The lowest BCUT2D eigenvalue weighted by molar-refractivity contribution is -0.124. The highest BCUT2D eigenvalue weighted by atomic mass is 16.2. The van der Waals surface area contributed by atoms with E-state index < -0.39 is 0 Å². The molecule has 20 heavy (non-hydrogen) atoms. The number of hydrogen-bond acceptors (Lipinski definition) is 2. The van der Waals surface area contributed by atoms with E-state index in [2.05, 4.69) is 31.4 Å². The molecular weight excluding hydrogens is 248 g/mol. The van der Waals surface area contributed by atoms with Gasteiger partial charge in [-0.2, -0.15) is 0 Å². The van der Waals surface area contributed by atoms with Gasteiger partial charge in [-0.3, -0.25) is 4.79 Å². The quantitative estimate of drug-likeness (QED) is 0.704. The molecule has 1 aliphatic heterocycles. The molecule has 0 bridgehead atoms. The first-order valence-corrected chi connectivity index (χ1v) is 8.54. The Morgan fingerprint density at radius 1 is 1.30 bits per heavy atom. The normalized spacial score (nSPS) is 29.4. The van der Waals surface area contributed by atoms with Crippen LogP contribution in [0.4, 0.5) is 0 Å². The first-order chi connectivity index (χ1) is 9.53. The third-order valence-corrected chi connectivity index (χ3v) is 5.23. The Morgan fingerprint density at radius 2 is 2.10 bits per heavy atom. The highest BCUT2D eigenvalue weighted by Crippen LogP contribution is 2.37. The molecule has 1 saturated carbocycles. The van der Waals surface area contributed by atoms with Crippen molar-refractivity contribution in [2.75, 3.05) is 13.1 Å². The van der Waals surface area contributed by atoms with Crippen LogP contribution >= 0.6 is 0 Å². The van der Waals surface area contributed by atoms with Crippen molar-refractivity contribution in [3.63, 3.8) is 0 Å². The lowest BCUT2D eigenvalue weighted by Gasteiger charge is -2.26. The summed E-state index contributed by atoms with van der Waals surface area (Å²) in [5, 5.41) is 6.64. The molecule has 3 nitrogen and oxygen atoms in total. The number of nitrogens with one attached hydrogen (secondary N) is 2. The molecule has 0 aromatic rings. The molecule has 1 aliphatic carbocycles. The fourth-order valence-corrected chi connectivity index (χ4v) is 3.85. The van der Waals surface area contributed by atoms with Crippen LogP contribution in [0.3, 0.4) is 0 Å². The summed E-state index contributed by atoms with van der Waals surface area (Å²) < 4.78 is 0.